The van der Waals surface area contributed by atoms with Crippen molar-refractivity contribution in [2.45, 2.75) is 84.7 Å². The lowest BCUT2D eigenvalue weighted by molar-refractivity contribution is -0.0435. The number of rotatable bonds is 15. The number of alkyl halides is 3. The molecule has 12 nitrogen and oxygen atoms in total. The lowest BCUT2D eigenvalue weighted by atomic mass is 9.72. The summed E-state index contributed by atoms with van der Waals surface area (Å²) in [4.78, 5) is 19.5. The smallest absolute Gasteiger partial charge is 0.489 e. The third kappa shape index (κ3) is 11.3. The van der Waals surface area contributed by atoms with Gasteiger partial charge in [0.15, 0.2) is 0 Å². The van der Waals surface area contributed by atoms with Gasteiger partial charge in [0.2, 0.25) is 0 Å². The van der Waals surface area contributed by atoms with Crippen LogP contribution >= 0.6 is 23.4 Å². The standard InChI is InChI=1S/C51H60ClF3N6O6S3/c1-49(2)18-16-43(35-8-11-38(52)12-9-35)37(28-49)29-59-24-25-61-40(30-59)31-67-46-26-36(10-15-45(46)61)48(62)58-70(65,66)42-13-14-44(47(27-42)69(63,64)51(53,54)55)57-39(32-68-41-6-4-3-5-7-41)17-23-60-33-50(34-60)19-21-56-22-20-50/h3-15,26-27,39-40,56-57H,16-25,28-34H2,1-2H3,(H,58,62)/t39-,40+/m1/s1. The van der Waals surface area contributed by atoms with Crippen LogP contribution < -0.4 is 25.0 Å². The summed E-state index contributed by atoms with van der Waals surface area (Å²) in [5.74, 6) is -0.277. The Bertz CT molecular complexity index is 2820. The highest BCUT2D eigenvalue weighted by Gasteiger charge is 2.49. The van der Waals surface area contributed by atoms with E-state index in [0.717, 1.165) is 101 Å². The Morgan fingerprint density at radius 3 is 2.40 bits per heavy atom. The molecular weight excluding hydrogens is 981 g/mol. The van der Waals surface area contributed by atoms with Crippen molar-refractivity contribution in [2.24, 2.45) is 10.8 Å². The fourth-order valence-electron chi connectivity index (χ4n) is 10.7. The summed E-state index contributed by atoms with van der Waals surface area (Å²) in [7, 11) is -11.0. The van der Waals surface area contributed by atoms with Crippen molar-refractivity contribution < 1.29 is 39.5 Å². The summed E-state index contributed by atoms with van der Waals surface area (Å²) in [6.45, 7) is 12.4. The zero-order valence-corrected chi connectivity index (χ0v) is 42.6. The van der Waals surface area contributed by atoms with E-state index in [2.05, 4.69) is 51.3 Å². The van der Waals surface area contributed by atoms with Crippen molar-refractivity contribution in [1.29, 1.82) is 0 Å². The monoisotopic (exact) mass is 1040 g/mol. The van der Waals surface area contributed by atoms with Gasteiger partial charge in [-0.15, -0.1) is 11.8 Å². The van der Waals surface area contributed by atoms with Crippen LogP contribution in [0.15, 0.2) is 111 Å². The van der Waals surface area contributed by atoms with Gasteiger partial charge in [-0.1, -0.05) is 61.4 Å². The van der Waals surface area contributed by atoms with Crippen LogP contribution in [0.1, 0.15) is 68.3 Å². The number of nitrogens with zero attached hydrogens (tertiary/aromatic N) is 3. The maximum absolute atomic E-state index is 14.3. The molecule has 4 heterocycles. The van der Waals surface area contributed by atoms with Gasteiger partial charge >= 0.3 is 5.51 Å². The SMILES string of the molecule is CC1(C)CCC(c2ccc(Cl)cc2)=C(CN2CCN3c4ccc(C(=O)NS(=O)(=O)c5ccc(N[C@H](CCN6CC7(CCNCC7)C6)CSc6ccccc6)c(S(=O)(=O)C(F)(F)F)c5)cc4OC[C@@H]3C2)C1. The number of hydrogen-bond acceptors (Lipinski definition) is 12. The predicted molar refractivity (Wildman–Crippen MR) is 270 cm³/mol. The average Bonchev–Trinajstić information content (AvgIpc) is 3.31. The molecule has 1 amide bonds. The largest absolute Gasteiger partial charge is 0.501 e. The van der Waals surface area contributed by atoms with Crippen molar-refractivity contribution >= 4 is 66.1 Å². The molecule has 0 aromatic heterocycles. The summed E-state index contributed by atoms with van der Waals surface area (Å²) in [6, 6.07) is 24.2. The molecule has 3 fully saturated rings. The van der Waals surface area contributed by atoms with E-state index < -0.39 is 47.1 Å². The van der Waals surface area contributed by atoms with Crippen molar-refractivity contribution in [3.63, 3.8) is 0 Å². The van der Waals surface area contributed by atoms with Gasteiger partial charge in [0.25, 0.3) is 25.8 Å². The Kier molecular flexibility index (Phi) is 14.7. The number of nitrogens with one attached hydrogen (secondary N) is 3. The number of piperazine rings is 1. The summed E-state index contributed by atoms with van der Waals surface area (Å²) in [5.41, 5.74) is -0.953. The van der Waals surface area contributed by atoms with E-state index in [-0.39, 0.29) is 28.1 Å². The number of sulfonamides is 1. The van der Waals surface area contributed by atoms with E-state index in [0.29, 0.717) is 48.7 Å². The Morgan fingerprint density at radius 1 is 0.929 bits per heavy atom. The Hall–Kier alpha value is -4.30. The van der Waals surface area contributed by atoms with Gasteiger partial charge in [-0.2, -0.15) is 13.2 Å². The minimum absolute atomic E-state index is 0.0299. The summed E-state index contributed by atoms with van der Waals surface area (Å²) in [6.07, 6.45) is 5.75. The minimum atomic E-state index is -6.07. The number of carbonyl (C=O) groups excluding carboxylic acids is 1. The van der Waals surface area contributed by atoms with Crippen LogP contribution in [0.25, 0.3) is 5.57 Å². The maximum atomic E-state index is 14.3. The molecule has 0 radical (unpaired) electrons. The maximum Gasteiger partial charge on any atom is 0.501 e. The molecule has 0 saturated carbocycles. The third-order valence-corrected chi connectivity index (χ3v) is 18.8. The Labute approximate surface area is 418 Å². The molecule has 0 bridgehead atoms. The van der Waals surface area contributed by atoms with Crippen molar-refractivity contribution in [3.8, 4) is 5.75 Å². The fraction of sp³-hybridized carbons (Fsp3) is 0.471. The van der Waals surface area contributed by atoms with Gasteiger partial charge in [0.1, 0.15) is 17.3 Å². The number of allylic oxidation sites excluding steroid dienone is 1. The van der Waals surface area contributed by atoms with E-state index >= 15 is 0 Å². The number of fused-ring (bicyclic) bond motifs is 3. The van der Waals surface area contributed by atoms with Crippen LogP contribution in [0.4, 0.5) is 24.5 Å². The van der Waals surface area contributed by atoms with Gasteiger partial charge in [-0.25, -0.2) is 21.6 Å². The first-order chi connectivity index (χ1) is 33.3. The molecule has 19 heteroatoms. The number of hydrogen-bond donors (Lipinski definition) is 3. The zero-order valence-electron chi connectivity index (χ0n) is 39.4. The number of benzene rings is 4. The first-order valence-electron chi connectivity index (χ1n) is 23.9. The predicted octanol–water partition coefficient (Wildman–Crippen LogP) is 8.95. The van der Waals surface area contributed by atoms with E-state index in [1.807, 2.05) is 47.2 Å². The molecule has 1 aliphatic carbocycles. The molecule has 3 N–H and O–H groups in total. The molecule has 376 valence electrons. The Morgan fingerprint density at radius 2 is 1.67 bits per heavy atom. The number of likely N-dealkylation sites (tertiary alicyclic amines) is 1. The molecule has 9 rings (SSSR count). The number of ether oxygens (including phenoxy) is 1. The van der Waals surface area contributed by atoms with Crippen LogP contribution in [-0.2, 0) is 19.9 Å². The minimum Gasteiger partial charge on any atom is -0.489 e. The first-order valence-corrected chi connectivity index (χ1v) is 28.2. The topological polar surface area (TPSA) is 140 Å². The second-order valence-electron chi connectivity index (χ2n) is 20.3. The number of anilines is 2. The van der Waals surface area contributed by atoms with Crippen LogP contribution in [0.3, 0.4) is 0 Å². The fourth-order valence-corrected chi connectivity index (χ4v) is 13.9. The van der Waals surface area contributed by atoms with E-state index in [9.17, 15) is 34.8 Å². The van der Waals surface area contributed by atoms with Gasteiger partial charge in [-0.05, 0) is 134 Å². The number of thioether (sulfide) groups is 1. The normalized spacial score (nSPS) is 21.0. The van der Waals surface area contributed by atoms with E-state index in [4.69, 9.17) is 16.3 Å². The number of piperidine rings is 1. The molecule has 70 heavy (non-hydrogen) atoms. The quantitative estimate of drug-likeness (QED) is 0.0980. The van der Waals surface area contributed by atoms with E-state index in [1.54, 1.807) is 6.07 Å². The summed E-state index contributed by atoms with van der Waals surface area (Å²) >= 11 is 7.70. The molecule has 0 unspecified atom stereocenters. The second kappa shape index (κ2) is 20.3. The molecule has 3 saturated heterocycles. The van der Waals surface area contributed by atoms with Crippen molar-refractivity contribution in [2.75, 3.05) is 81.5 Å². The molecule has 2 atom stereocenters. The molecule has 4 aromatic rings. The third-order valence-electron chi connectivity index (χ3n) is 14.5. The van der Waals surface area contributed by atoms with Gasteiger partial charge < -0.3 is 25.2 Å². The highest BCUT2D eigenvalue weighted by atomic mass is 35.5. The van der Waals surface area contributed by atoms with Gasteiger partial charge in [-0.3, -0.25) is 9.69 Å². The van der Waals surface area contributed by atoms with Gasteiger partial charge in [0.05, 0.1) is 22.3 Å². The van der Waals surface area contributed by atoms with Crippen LogP contribution in [0, 0.1) is 10.8 Å². The lowest BCUT2D eigenvalue weighted by Gasteiger charge is -2.53. The summed E-state index contributed by atoms with van der Waals surface area (Å²) in [5, 5.41) is 7.16. The van der Waals surface area contributed by atoms with Crippen molar-refractivity contribution in [3.05, 3.63) is 113 Å². The molecule has 5 aliphatic rings. The van der Waals surface area contributed by atoms with Crippen LogP contribution in [-0.4, -0.2) is 121 Å². The summed E-state index contributed by atoms with van der Waals surface area (Å²) < 4.78 is 105. The number of carbonyl (C=O) groups is 1. The highest BCUT2D eigenvalue weighted by Crippen LogP contribution is 2.44. The highest BCUT2D eigenvalue weighted by molar-refractivity contribution is 7.99. The van der Waals surface area contributed by atoms with Crippen molar-refractivity contribution in [1.82, 2.24) is 19.8 Å². The lowest BCUT2D eigenvalue weighted by Crippen LogP contribution is -2.60. The number of halogens is 4. The van der Waals surface area contributed by atoms with E-state index in [1.165, 1.54) is 40.6 Å². The first kappa shape index (κ1) is 50.6. The molecule has 4 aromatic carbocycles. The van der Waals surface area contributed by atoms with Crippen LogP contribution in [0.2, 0.25) is 5.02 Å². The second-order valence-corrected chi connectivity index (χ2v) is 25.4. The number of amides is 1. The van der Waals surface area contributed by atoms with Crippen LogP contribution in [0.5, 0.6) is 5.75 Å². The Balaban J connectivity index is 0.884. The zero-order chi connectivity index (χ0) is 49.5. The molecule has 4 aliphatic heterocycles. The van der Waals surface area contributed by atoms with Gasteiger partial charge in [0, 0.05) is 73.1 Å². The molecular formula is C51H60ClF3N6O6S3. The average molecular weight is 1040 g/mol. The molecule has 1 spiro atoms. The number of sulfone groups is 1.